The second-order valence-electron chi connectivity index (χ2n) is 4.63. The van der Waals surface area contributed by atoms with Crippen LogP contribution < -0.4 is 5.32 Å². The molecule has 2 heterocycles. The van der Waals surface area contributed by atoms with Gasteiger partial charge in [0.2, 0.25) is 0 Å². The maximum atomic E-state index is 5.61. The number of ether oxygens (including phenoxy) is 1. The van der Waals surface area contributed by atoms with Crippen molar-refractivity contribution < 1.29 is 4.74 Å². The van der Waals surface area contributed by atoms with Gasteiger partial charge in [0.05, 0.1) is 5.69 Å². The number of thioether (sulfide) groups is 1. The van der Waals surface area contributed by atoms with Gasteiger partial charge in [-0.3, -0.25) is 0 Å². The topological polar surface area (TPSA) is 47.0 Å². The van der Waals surface area contributed by atoms with Gasteiger partial charge in [-0.05, 0) is 20.3 Å². The van der Waals surface area contributed by atoms with Crippen molar-refractivity contribution in [1.82, 2.24) is 9.97 Å². The van der Waals surface area contributed by atoms with Crippen LogP contribution in [-0.4, -0.2) is 23.6 Å². The normalized spacial score (nSPS) is 17.3. The molecule has 0 aromatic carbocycles. The Kier molecular flexibility index (Phi) is 4.12. The van der Waals surface area contributed by atoms with E-state index in [9.17, 15) is 0 Å². The summed E-state index contributed by atoms with van der Waals surface area (Å²) >= 11 is 1.89. The molecule has 18 heavy (non-hydrogen) atoms. The SMILES string of the molecule is CCNc1nc(C(C)(CC)OC)nc2c1CSC2. The second kappa shape index (κ2) is 5.45. The molecule has 1 aromatic rings. The maximum absolute atomic E-state index is 5.61. The Morgan fingerprint density at radius 3 is 2.72 bits per heavy atom. The quantitative estimate of drug-likeness (QED) is 0.889. The van der Waals surface area contributed by atoms with Crippen molar-refractivity contribution in [2.45, 2.75) is 44.3 Å². The molecule has 1 aromatic heterocycles. The van der Waals surface area contributed by atoms with Gasteiger partial charge in [-0.2, -0.15) is 11.8 Å². The number of fused-ring (bicyclic) bond motifs is 1. The summed E-state index contributed by atoms with van der Waals surface area (Å²) in [6, 6.07) is 0. The van der Waals surface area contributed by atoms with Crippen LogP contribution in [0.4, 0.5) is 5.82 Å². The first kappa shape index (κ1) is 13.6. The van der Waals surface area contributed by atoms with Gasteiger partial charge in [0.25, 0.3) is 0 Å². The van der Waals surface area contributed by atoms with Crippen LogP contribution in [0.2, 0.25) is 0 Å². The summed E-state index contributed by atoms with van der Waals surface area (Å²) in [5, 5.41) is 3.35. The molecule has 1 unspecified atom stereocenters. The average Bonchev–Trinajstić information content (AvgIpc) is 2.86. The van der Waals surface area contributed by atoms with E-state index in [1.54, 1.807) is 7.11 Å². The summed E-state index contributed by atoms with van der Waals surface area (Å²) in [5.74, 6) is 3.77. The van der Waals surface area contributed by atoms with E-state index in [0.717, 1.165) is 41.8 Å². The molecule has 0 aliphatic carbocycles. The van der Waals surface area contributed by atoms with E-state index in [1.165, 1.54) is 5.56 Å². The summed E-state index contributed by atoms with van der Waals surface area (Å²) in [6.07, 6.45) is 0.862. The summed E-state index contributed by atoms with van der Waals surface area (Å²) in [5.41, 5.74) is 2.03. The van der Waals surface area contributed by atoms with Crippen molar-refractivity contribution in [1.29, 1.82) is 0 Å². The van der Waals surface area contributed by atoms with Crippen LogP contribution >= 0.6 is 11.8 Å². The first-order chi connectivity index (χ1) is 8.64. The van der Waals surface area contributed by atoms with Crippen LogP contribution in [-0.2, 0) is 21.8 Å². The monoisotopic (exact) mass is 267 g/mol. The smallest absolute Gasteiger partial charge is 0.162 e. The molecule has 0 bridgehead atoms. The second-order valence-corrected chi connectivity index (χ2v) is 5.62. The first-order valence-electron chi connectivity index (χ1n) is 6.41. The van der Waals surface area contributed by atoms with E-state index in [4.69, 9.17) is 9.72 Å². The van der Waals surface area contributed by atoms with Crippen LogP contribution in [0.5, 0.6) is 0 Å². The fraction of sp³-hybridized carbons (Fsp3) is 0.692. The van der Waals surface area contributed by atoms with Crippen LogP contribution in [0.25, 0.3) is 0 Å². The summed E-state index contributed by atoms with van der Waals surface area (Å²) in [7, 11) is 1.72. The molecule has 0 radical (unpaired) electrons. The fourth-order valence-electron chi connectivity index (χ4n) is 2.00. The van der Waals surface area contributed by atoms with Gasteiger partial charge in [0.1, 0.15) is 11.4 Å². The zero-order chi connectivity index (χ0) is 13.2. The molecule has 1 aliphatic heterocycles. The Labute approximate surface area is 113 Å². The molecule has 0 saturated heterocycles. The van der Waals surface area contributed by atoms with E-state index in [0.29, 0.717) is 0 Å². The molecule has 100 valence electrons. The number of nitrogens with zero attached hydrogens (tertiary/aromatic N) is 2. The highest BCUT2D eigenvalue weighted by Gasteiger charge is 2.30. The molecule has 4 nitrogen and oxygen atoms in total. The van der Waals surface area contributed by atoms with E-state index in [2.05, 4.69) is 24.1 Å². The van der Waals surface area contributed by atoms with Gasteiger partial charge < -0.3 is 10.1 Å². The maximum Gasteiger partial charge on any atom is 0.162 e. The third-order valence-electron chi connectivity index (χ3n) is 3.52. The van der Waals surface area contributed by atoms with Crippen LogP contribution in [0.1, 0.15) is 44.3 Å². The van der Waals surface area contributed by atoms with Gasteiger partial charge in [-0.15, -0.1) is 0 Å². The van der Waals surface area contributed by atoms with Crippen molar-refractivity contribution in [3.8, 4) is 0 Å². The average molecular weight is 267 g/mol. The van der Waals surface area contributed by atoms with Crippen LogP contribution in [0.3, 0.4) is 0 Å². The number of hydrogen-bond donors (Lipinski definition) is 1. The standard InChI is InChI=1S/C13H21N3OS/c1-5-13(3,17-4)12-15-10-8-18-7-9(10)11(16-12)14-6-2/h5-8H2,1-4H3,(H,14,15,16). The number of aromatic nitrogens is 2. The molecular formula is C13H21N3OS. The third kappa shape index (κ3) is 2.34. The molecule has 5 heteroatoms. The lowest BCUT2D eigenvalue weighted by Crippen LogP contribution is -2.27. The number of methoxy groups -OCH3 is 1. The van der Waals surface area contributed by atoms with Crippen LogP contribution in [0, 0.1) is 0 Å². The van der Waals surface area contributed by atoms with E-state index < -0.39 is 5.60 Å². The van der Waals surface area contributed by atoms with E-state index >= 15 is 0 Å². The fourth-order valence-corrected chi connectivity index (χ4v) is 3.04. The molecule has 0 fully saturated rings. The van der Waals surface area contributed by atoms with Crippen molar-refractivity contribution in [2.24, 2.45) is 0 Å². The molecule has 1 aliphatic rings. The minimum absolute atomic E-state index is 0.396. The lowest BCUT2D eigenvalue weighted by Gasteiger charge is -2.26. The molecule has 1 atom stereocenters. The molecule has 0 amide bonds. The number of nitrogens with one attached hydrogen (secondary N) is 1. The lowest BCUT2D eigenvalue weighted by molar-refractivity contribution is -0.00901. The molecular weight excluding hydrogens is 246 g/mol. The first-order valence-corrected chi connectivity index (χ1v) is 7.57. The number of hydrogen-bond acceptors (Lipinski definition) is 5. The van der Waals surface area contributed by atoms with E-state index in [-0.39, 0.29) is 0 Å². The van der Waals surface area contributed by atoms with Gasteiger partial charge in [-0.1, -0.05) is 6.92 Å². The highest BCUT2D eigenvalue weighted by Crippen LogP contribution is 2.35. The molecule has 1 N–H and O–H groups in total. The Morgan fingerprint density at radius 1 is 1.33 bits per heavy atom. The summed E-state index contributed by atoms with van der Waals surface area (Å²) < 4.78 is 5.61. The Hall–Kier alpha value is -0.810. The Morgan fingerprint density at radius 2 is 2.11 bits per heavy atom. The highest BCUT2D eigenvalue weighted by atomic mass is 32.2. The minimum Gasteiger partial charge on any atom is -0.371 e. The lowest BCUT2D eigenvalue weighted by atomic mass is 10.0. The van der Waals surface area contributed by atoms with Crippen molar-refractivity contribution in [3.63, 3.8) is 0 Å². The zero-order valence-electron chi connectivity index (χ0n) is 11.5. The third-order valence-corrected chi connectivity index (χ3v) is 4.49. The van der Waals surface area contributed by atoms with Gasteiger partial charge >= 0.3 is 0 Å². The van der Waals surface area contributed by atoms with Crippen molar-refractivity contribution in [2.75, 3.05) is 19.0 Å². The predicted molar refractivity (Wildman–Crippen MR) is 75.8 cm³/mol. The van der Waals surface area contributed by atoms with E-state index in [1.807, 2.05) is 18.7 Å². The summed E-state index contributed by atoms with van der Waals surface area (Å²) in [4.78, 5) is 9.40. The van der Waals surface area contributed by atoms with Gasteiger partial charge in [-0.25, -0.2) is 9.97 Å². The Bertz CT molecular complexity index is 432. The largest absolute Gasteiger partial charge is 0.371 e. The molecule has 0 spiro atoms. The Balaban J connectivity index is 2.47. The van der Waals surface area contributed by atoms with Crippen LogP contribution in [0.15, 0.2) is 0 Å². The van der Waals surface area contributed by atoms with Gasteiger partial charge in [0.15, 0.2) is 5.82 Å². The summed E-state index contributed by atoms with van der Waals surface area (Å²) in [6.45, 7) is 7.11. The highest BCUT2D eigenvalue weighted by molar-refractivity contribution is 7.98. The van der Waals surface area contributed by atoms with Crippen molar-refractivity contribution in [3.05, 3.63) is 17.1 Å². The number of anilines is 1. The minimum atomic E-state index is -0.396. The van der Waals surface area contributed by atoms with Crippen molar-refractivity contribution >= 4 is 17.6 Å². The zero-order valence-corrected chi connectivity index (χ0v) is 12.4. The molecule has 0 saturated carbocycles. The van der Waals surface area contributed by atoms with Gasteiger partial charge in [0, 0.05) is 30.7 Å². The predicted octanol–water partition coefficient (Wildman–Crippen LogP) is 2.93. The number of rotatable bonds is 5. The molecule has 2 rings (SSSR count).